The van der Waals surface area contributed by atoms with Gasteiger partial charge in [-0.15, -0.1) is 0 Å². The second kappa shape index (κ2) is 4.03. The van der Waals surface area contributed by atoms with Crippen LogP contribution in [0, 0.1) is 17.3 Å². The highest BCUT2D eigenvalue weighted by Crippen LogP contribution is 2.61. The molecule has 0 aliphatic heterocycles. The maximum atomic E-state index is 10.0. The highest BCUT2D eigenvalue weighted by molar-refractivity contribution is 5.22. The minimum absolute atomic E-state index is 0.273. The van der Waals surface area contributed by atoms with E-state index < -0.39 is 0 Å². The summed E-state index contributed by atoms with van der Waals surface area (Å²) in [5.74, 6) is 1.50. The van der Waals surface area contributed by atoms with E-state index in [1.54, 1.807) is 0 Å². The Kier molecular flexibility index (Phi) is 3.00. The molecule has 0 amide bonds. The van der Waals surface area contributed by atoms with Crippen molar-refractivity contribution >= 4 is 0 Å². The molecule has 2 aliphatic carbocycles. The normalized spacial score (nSPS) is 44.7. The van der Waals surface area contributed by atoms with Crippen molar-refractivity contribution in [1.29, 1.82) is 0 Å². The van der Waals surface area contributed by atoms with Gasteiger partial charge in [0.05, 0.1) is 6.10 Å². The molecule has 2 aliphatic rings. The average molecular weight is 220 g/mol. The number of aliphatic hydroxyl groups excluding tert-OH is 1. The zero-order chi connectivity index (χ0) is 11.9. The monoisotopic (exact) mass is 220 g/mol. The predicted octanol–water partition coefficient (Wildman–Crippen LogP) is 3.70. The van der Waals surface area contributed by atoms with Gasteiger partial charge in [0, 0.05) is 0 Å². The maximum absolute atomic E-state index is 10.0. The first-order valence-electron chi connectivity index (χ1n) is 6.45. The highest BCUT2D eigenvalue weighted by atomic mass is 16.3. The standard InChI is InChI=1S/C15H24O/c1-10-5-7-12-13(15(12,3)4)9-11(2)14(16)8-6-10/h6,9,12-14,16H,5,7-8H2,1-4H3/b10-6+,11-9+/t12?,13?,14-/m0/s1. The van der Waals surface area contributed by atoms with E-state index >= 15 is 0 Å². The van der Waals surface area contributed by atoms with Crippen LogP contribution in [0.15, 0.2) is 23.3 Å². The zero-order valence-corrected chi connectivity index (χ0v) is 11.0. The van der Waals surface area contributed by atoms with Crippen molar-refractivity contribution < 1.29 is 5.11 Å². The molecule has 3 atom stereocenters. The molecule has 0 aromatic heterocycles. The summed E-state index contributed by atoms with van der Waals surface area (Å²) < 4.78 is 0. The minimum Gasteiger partial charge on any atom is -0.388 e. The van der Waals surface area contributed by atoms with E-state index in [0.717, 1.165) is 17.9 Å². The first-order valence-corrected chi connectivity index (χ1v) is 6.45. The molecular weight excluding hydrogens is 196 g/mol. The summed E-state index contributed by atoms with van der Waals surface area (Å²) in [6.45, 7) is 8.98. The van der Waals surface area contributed by atoms with Crippen LogP contribution in [-0.4, -0.2) is 11.2 Å². The molecule has 90 valence electrons. The third-order valence-corrected chi connectivity index (χ3v) is 4.65. The molecule has 2 rings (SSSR count). The summed E-state index contributed by atoms with van der Waals surface area (Å²) >= 11 is 0. The summed E-state index contributed by atoms with van der Waals surface area (Å²) in [5, 5.41) is 10.0. The van der Waals surface area contributed by atoms with Gasteiger partial charge in [-0.2, -0.15) is 0 Å². The van der Waals surface area contributed by atoms with Crippen molar-refractivity contribution in [3.05, 3.63) is 23.3 Å². The Hall–Kier alpha value is -0.560. The molecule has 0 aromatic carbocycles. The van der Waals surface area contributed by atoms with E-state index in [2.05, 4.69) is 39.8 Å². The van der Waals surface area contributed by atoms with Crippen LogP contribution in [0.5, 0.6) is 0 Å². The maximum Gasteiger partial charge on any atom is 0.0782 e. The topological polar surface area (TPSA) is 20.2 Å². The molecule has 1 saturated carbocycles. The molecule has 0 bridgehead atoms. The van der Waals surface area contributed by atoms with E-state index in [-0.39, 0.29) is 6.10 Å². The van der Waals surface area contributed by atoms with Crippen LogP contribution in [-0.2, 0) is 0 Å². The number of fused-ring (bicyclic) bond motifs is 1. The van der Waals surface area contributed by atoms with Crippen LogP contribution >= 0.6 is 0 Å². The predicted molar refractivity (Wildman–Crippen MR) is 68.1 cm³/mol. The van der Waals surface area contributed by atoms with Gasteiger partial charge in [0.25, 0.3) is 0 Å². The van der Waals surface area contributed by atoms with Gasteiger partial charge in [0.1, 0.15) is 0 Å². The molecular formula is C15H24O. The summed E-state index contributed by atoms with van der Waals surface area (Å²) in [7, 11) is 0. The highest BCUT2D eigenvalue weighted by Gasteiger charge is 2.55. The summed E-state index contributed by atoms with van der Waals surface area (Å²) in [6.07, 6.45) is 7.54. The second-order valence-corrected chi connectivity index (χ2v) is 6.20. The lowest BCUT2D eigenvalue weighted by Gasteiger charge is -2.11. The molecule has 1 fully saturated rings. The van der Waals surface area contributed by atoms with Gasteiger partial charge in [-0.05, 0) is 55.9 Å². The Morgan fingerprint density at radius 1 is 1.31 bits per heavy atom. The van der Waals surface area contributed by atoms with Gasteiger partial charge in [0.15, 0.2) is 0 Å². The van der Waals surface area contributed by atoms with E-state index in [1.807, 2.05) is 0 Å². The summed E-state index contributed by atoms with van der Waals surface area (Å²) in [5.41, 5.74) is 3.05. The molecule has 1 nitrogen and oxygen atoms in total. The van der Waals surface area contributed by atoms with Crippen molar-refractivity contribution in [2.24, 2.45) is 17.3 Å². The number of allylic oxidation sites excluding steroid dienone is 2. The Morgan fingerprint density at radius 3 is 2.69 bits per heavy atom. The fourth-order valence-electron chi connectivity index (χ4n) is 3.05. The van der Waals surface area contributed by atoms with Crippen molar-refractivity contribution in [2.45, 2.75) is 53.1 Å². The molecule has 1 heteroatoms. The van der Waals surface area contributed by atoms with Gasteiger partial charge in [0.2, 0.25) is 0 Å². The first-order chi connectivity index (χ1) is 7.43. The molecule has 0 aromatic rings. The number of hydrogen-bond acceptors (Lipinski definition) is 1. The molecule has 0 radical (unpaired) electrons. The second-order valence-electron chi connectivity index (χ2n) is 6.20. The van der Waals surface area contributed by atoms with Crippen LogP contribution in [0.3, 0.4) is 0 Å². The Morgan fingerprint density at radius 2 is 2.00 bits per heavy atom. The van der Waals surface area contributed by atoms with Gasteiger partial charge in [-0.3, -0.25) is 0 Å². The number of aliphatic hydroxyl groups is 1. The third kappa shape index (κ3) is 2.10. The van der Waals surface area contributed by atoms with Gasteiger partial charge >= 0.3 is 0 Å². The molecule has 16 heavy (non-hydrogen) atoms. The quantitative estimate of drug-likeness (QED) is 0.617. The minimum atomic E-state index is -0.273. The fourth-order valence-corrected chi connectivity index (χ4v) is 3.05. The van der Waals surface area contributed by atoms with Gasteiger partial charge in [-0.1, -0.05) is 31.6 Å². The van der Waals surface area contributed by atoms with Crippen LogP contribution in [0.1, 0.15) is 47.0 Å². The van der Waals surface area contributed by atoms with Gasteiger partial charge in [-0.25, -0.2) is 0 Å². The van der Waals surface area contributed by atoms with E-state index in [9.17, 15) is 5.11 Å². The van der Waals surface area contributed by atoms with Crippen LogP contribution in [0.25, 0.3) is 0 Å². The Labute approximate surface area is 99.3 Å². The lowest BCUT2D eigenvalue weighted by Crippen LogP contribution is -2.08. The number of hydrogen-bond donors (Lipinski definition) is 1. The zero-order valence-electron chi connectivity index (χ0n) is 11.0. The first kappa shape index (κ1) is 11.9. The van der Waals surface area contributed by atoms with E-state index in [1.165, 1.54) is 18.4 Å². The van der Waals surface area contributed by atoms with Crippen molar-refractivity contribution in [2.75, 3.05) is 0 Å². The van der Waals surface area contributed by atoms with Crippen molar-refractivity contribution in [3.8, 4) is 0 Å². The SMILES string of the molecule is C/C1=C\C[C@H](O)/C(C)=C/C2C(CC1)C2(C)C. The third-order valence-electron chi connectivity index (χ3n) is 4.65. The van der Waals surface area contributed by atoms with Crippen molar-refractivity contribution in [1.82, 2.24) is 0 Å². The Bertz CT molecular complexity index is 335. The molecule has 0 heterocycles. The van der Waals surface area contributed by atoms with E-state index in [4.69, 9.17) is 0 Å². The molecule has 0 saturated heterocycles. The van der Waals surface area contributed by atoms with Crippen LogP contribution in [0.2, 0.25) is 0 Å². The lowest BCUT2D eigenvalue weighted by atomic mass is 10.00. The summed E-state index contributed by atoms with van der Waals surface area (Å²) in [6, 6.07) is 0. The fraction of sp³-hybridized carbons (Fsp3) is 0.733. The number of rotatable bonds is 0. The Balaban J connectivity index is 2.20. The molecule has 2 unspecified atom stereocenters. The lowest BCUT2D eigenvalue weighted by molar-refractivity contribution is 0.213. The van der Waals surface area contributed by atoms with Crippen molar-refractivity contribution in [3.63, 3.8) is 0 Å². The smallest absolute Gasteiger partial charge is 0.0782 e. The van der Waals surface area contributed by atoms with Crippen LogP contribution < -0.4 is 0 Å². The average Bonchev–Trinajstić information content (AvgIpc) is 2.72. The van der Waals surface area contributed by atoms with Crippen LogP contribution in [0.4, 0.5) is 0 Å². The van der Waals surface area contributed by atoms with Gasteiger partial charge < -0.3 is 5.11 Å². The largest absolute Gasteiger partial charge is 0.388 e. The molecule has 1 N–H and O–H groups in total. The summed E-state index contributed by atoms with van der Waals surface area (Å²) in [4.78, 5) is 0. The van der Waals surface area contributed by atoms with E-state index in [0.29, 0.717) is 11.3 Å². The molecule has 0 spiro atoms.